The molecule has 1 heterocycles. The molecule has 2 fully saturated rings. The molecule has 1 aromatic rings. The summed E-state index contributed by atoms with van der Waals surface area (Å²) in [6.07, 6.45) is 6.80. The highest BCUT2D eigenvalue weighted by Gasteiger charge is 2.28. The molecule has 0 amide bonds. The van der Waals surface area contributed by atoms with E-state index in [1.807, 2.05) is 13.2 Å². The summed E-state index contributed by atoms with van der Waals surface area (Å²) in [6, 6.07) is 9.23. The van der Waals surface area contributed by atoms with Gasteiger partial charge in [0, 0.05) is 38.3 Å². The standard InChI is InChI=1S/C21H34N2O2/c1-24-15-14-23(20-7-5-8-20)16-18-10-12-22(13-11-18)17-19-6-3-4-9-21(19)25-2/h3-4,6,9,18,20H,5,7-8,10-17H2,1-2H3. The lowest BCUT2D eigenvalue weighted by Crippen LogP contribution is -2.46. The van der Waals surface area contributed by atoms with Crippen LogP contribution in [0.3, 0.4) is 0 Å². The monoisotopic (exact) mass is 346 g/mol. The van der Waals surface area contributed by atoms with Crippen molar-refractivity contribution >= 4 is 0 Å². The number of hydrogen-bond donors (Lipinski definition) is 0. The molecule has 2 aliphatic rings. The van der Waals surface area contributed by atoms with Gasteiger partial charge in [0.05, 0.1) is 13.7 Å². The number of likely N-dealkylation sites (tertiary alicyclic amines) is 1. The van der Waals surface area contributed by atoms with Gasteiger partial charge in [-0.2, -0.15) is 0 Å². The fourth-order valence-electron chi connectivity index (χ4n) is 4.12. The van der Waals surface area contributed by atoms with Gasteiger partial charge in [0.15, 0.2) is 0 Å². The Kier molecular flexibility index (Phi) is 7.14. The van der Waals surface area contributed by atoms with Crippen molar-refractivity contribution in [2.75, 3.05) is 47.0 Å². The number of benzene rings is 1. The Morgan fingerprint density at radius 2 is 1.84 bits per heavy atom. The van der Waals surface area contributed by atoms with Crippen molar-refractivity contribution in [2.45, 2.75) is 44.7 Å². The second kappa shape index (κ2) is 9.56. The molecular weight excluding hydrogens is 312 g/mol. The van der Waals surface area contributed by atoms with Gasteiger partial charge in [-0.3, -0.25) is 9.80 Å². The lowest BCUT2D eigenvalue weighted by molar-refractivity contribution is 0.0563. The normalized spacial score (nSPS) is 20.0. The van der Waals surface area contributed by atoms with Crippen LogP contribution in [0.5, 0.6) is 5.75 Å². The highest BCUT2D eigenvalue weighted by Crippen LogP contribution is 2.28. The quantitative estimate of drug-likeness (QED) is 0.684. The molecule has 1 aliphatic heterocycles. The van der Waals surface area contributed by atoms with Gasteiger partial charge in [0.1, 0.15) is 5.75 Å². The fraction of sp³-hybridized carbons (Fsp3) is 0.714. The third kappa shape index (κ3) is 5.19. The lowest BCUT2D eigenvalue weighted by atomic mass is 9.89. The van der Waals surface area contributed by atoms with E-state index in [0.29, 0.717) is 0 Å². The largest absolute Gasteiger partial charge is 0.496 e. The Bertz CT molecular complexity index is 510. The molecule has 0 unspecified atom stereocenters. The van der Waals surface area contributed by atoms with Gasteiger partial charge >= 0.3 is 0 Å². The highest BCUT2D eigenvalue weighted by molar-refractivity contribution is 5.33. The predicted octanol–water partition coefficient (Wildman–Crippen LogP) is 3.41. The van der Waals surface area contributed by atoms with E-state index in [9.17, 15) is 0 Å². The van der Waals surface area contributed by atoms with Crippen molar-refractivity contribution < 1.29 is 9.47 Å². The summed E-state index contributed by atoms with van der Waals surface area (Å²) in [5.41, 5.74) is 1.31. The van der Waals surface area contributed by atoms with Gasteiger partial charge in [-0.15, -0.1) is 0 Å². The number of nitrogens with zero attached hydrogens (tertiary/aromatic N) is 2. The molecule has 1 saturated carbocycles. The number of hydrogen-bond acceptors (Lipinski definition) is 4. The van der Waals surface area contributed by atoms with E-state index in [1.165, 1.54) is 57.3 Å². The Balaban J connectivity index is 1.46. The third-order valence-electron chi connectivity index (χ3n) is 5.96. The summed E-state index contributed by atoms with van der Waals surface area (Å²) < 4.78 is 10.8. The van der Waals surface area contributed by atoms with Gasteiger partial charge in [-0.25, -0.2) is 0 Å². The van der Waals surface area contributed by atoms with Crippen molar-refractivity contribution in [1.29, 1.82) is 0 Å². The molecule has 0 aromatic heterocycles. The van der Waals surface area contributed by atoms with Gasteiger partial charge in [-0.05, 0) is 50.8 Å². The van der Waals surface area contributed by atoms with Crippen LogP contribution in [0, 0.1) is 5.92 Å². The topological polar surface area (TPSA) is 24.9 Å². The average molecular weight is 347 g/mol. The van der Waals surface area contributed by atoms with Crippen LogP contribution in [0.15, 0.2) is 24.3 Å². The molecule has 1 aromatic carbocycles. The van der Waals surface area contributed by atoms with Gasteiger partial charge < -0.3 is 9.47 Å². The van der Waals surface area contributed by atoms with Gasteiger partial charge in [-0.1, -0.05) is 24.6 Å². The molecule has 0 N–H and O–H groups in total. The Labute approximate surface area is 153 Å². The molecule has 0 spiro atoms. The number of piperidine rings is 1. The van der Waals surface area contributed by atoms with E-state index in [2.05, 4.69) is 28.0 Å². The first-order chi connectivity index (χ1) is 12.3. The Morgan fingerprint density at radius 3 is 2.48 bits per heavy atom. The number of methoxy groups -OCH3 is 2. The summed E-state index contributed by atoms with van der Waals surface area (Å²) in [5, 5.41) is 0. The van der Waals surface area contributed by atoms with E-state index >= 15 is 0 Å². The maximum atomic E-state index is 5.50. The second-order valence-electron chi connectivity index (χ2n) is 7.60. The maximum absolute atomic E-state index is 5.50. The maximum Gasteiger partial charge on any atom is 0.123 e. The predicted molar refractivity (Wildman–Crippen MR) is 102 cm³/mol. The van der Waals surface area contributed by atoms with Crippen LogP contribution in [0.25, 0.3) is 0 Å². The Hall–Kier alpha value is -1.10. The molecule has 140 valence electrons. The molecule has 0 bridgehead atoms. The first-order valence-electron chi connectivity index (χ1n) is 9.87. The highest BCUT2D eigenvalue weighted by atomic mass is 16.5. The minimum Gasteiger partial charge on any atom is -0.496 e. The van der Waals surface area contributed by atoms with Crippen molar-refractivity contribution in [1.82, 2.24) is 9.80 Å². The summed E-state index contributed by atoms with van der Waals surface area (Å²) in [7, 11) is 3.58. The molecule has 1 aliphatic carbocycles. The van der Waals surface area contributed by atoms with Crippen molar-refractivity contribution in [3.05, 3.63) is 29.8 Å². The zero-order chi connectivity index (χ0) is 17.5. The van der Waals surface area contributed by atoms with Crippen LogP contribution in [-0.4, -0.2) is 62.8 Å². The number of para-hydroxylation sites is 1. The van der Waals surface area contributed by atoms with E-state index in [4.69, 9.17) is 9.47 Å². The molecule has 0 radical (unpaired) electrons. The van der Waals surface area contributed by atoms with Crippen molar-refractivity contribution in [2.24, 2.45) is 5.92 Å². The van der Waals surface area contributed by atoms with Crippen LogP contribution >= 0.6 is 0 Å². The first kappa shape index (κ1) is 18.7. The first-order valence-corrected chi connectivity index (χ1v) is 9.87. The molecule has 25 heavy (non-hydrogen) atoms. The summed E-state index contributed by atoms with van der Waals surface area (Å²) >= 11 is 0. The molecule has 4 nitrogen and oxygen atoms in total. The van der Waals surface area contributed by atoms with E-state index < -0.39 is 0 Å². The van der Waals surface area contributed by atoms with E-state index in [1.54, 1.807) is 7.11 Å². The SMILES string of the molecule is COCCN(CC1CCN(Cc2ccccc2OC)CC1)C1CCC1. The van der Waals surface area contributed by atoms with Crippen molar-refractivity contribution in [3.63, 3.8) is 0 Å². The van der Waals surface area contributed by atoms with Crippen LogP contribution < -0.4 is 4.74 Å². The zero-order valence-corrected chi connectivity index (χ0v) is 16.0. The van der Waals surface area contributed by atoms with Crippen LogP contribution in [0.1, 0.15) is 37.7 Å². The number of ether oxygens (including phenoxy) is 2. The second-order valence-corrected chi connectivity index (χ2v) is 7.60. The molecule has 1 saturated heterocycles. The van der Waals surface area contributed by atoms with Crippen LogP contribution in [0.4, 0.5) is 0 Å². The van der Waals surface area contributed by atoms with Crippen LogP contribution in [0.2, 0.25) is 0 Å². The summed E-state index contributed by atoms with van der Waals surface area (Å²) in [6.45, 7) is 6.63. The van der Waals surface area contributed by atoms with Crippen LogP contribution in [-0.2, 0) is 11.3 Å². The minimum absolute atomic E-state index is 0.821. The lowest BCUT2D eigenvalue weighted by Gasteiger charge is -2.41. The Morgan fingerprint density at radius 1 is 1.08 bits per heavy atom. The summed E-state index contributed by atoms with van der Waals surface area (Å²) in [4.78, 5) is 5.28. The van der Waals surface area contributed by atoms with E-state index in [0.717, 1.165) is 37.4 Å². The molecule has 0 atom stereocenters. The third-order valence-corrected chi connectivity index (χ3v) is 5.96. The smallest absolute Gasteiger partial charge is 0.123 e. The van der Waals surface area contributed by atoms with Gasteiger partial charge in [0.2, 0.25) is 0 Å². The minimum atomic E-state index is 0.821. The summed E-state index contributed by atoms with van der Waals surface area (Å²) in [5.74, 6) is 1.85. The van der Waals surface area contributed by atoms with E-state index in [-0.39, 0.29) is 0 Å². The van der Waals surface area contributed by atoms with Crippen molar-refractivity contribution in [3.8, 4) is 5.75 Å². The number of rotatable bonds is 9. The molecule has 4 heteroatoms. The average Bonchev–Trinajstić information content (AvgIpc) is 2.60. The molecule has 3 rings (SSSR count). The van der Waals surface area contributed by atoms with Gasteiger partial charge in [0.25, 0.3) is 0 Å². The fourth-order valence-corrected chi connectivity index (χ4v) is 4.12. The molecular formula is C21H34N2O2. The zero-order valence-electron chi connectivity index (χ0n) is 16.0.